The average Bonchev–Trinajstić information content (AvgIpc) is 3.32. The molecule has 1 unspecified atom stereocenters. The molecule has 1 N–H and O–H groups in total. The number of rotatable bonds is 6. The van der Waals surface area contributed by atoms with E-state index in [1.54, 1.807) is 6.20 Å². The molecule has 1 atom stereocenters. The number of pyridine rings is 1. The Hall–Kier alpha value is -1.94. The molecule has 0 bridgehead atoms. The molecule has 0 amide bonds. The Labute approximate surface area is 124 Å². The average molecular weight is 284 g/mol. The van der Waals surface area contributed by atoms with Crippen LogP contribution >= 0.6 is 0 Å². The van der Waals surface area contributed by atoms with E-state index >= 15 is 0 Å². The second kappa shape index (κ2) is 6.22. The van der Waals surface area contributed by atoms with Crippen molar-refractivity contribution in [1.82, 2.24) is 10.3 Å². The van der Waals surface area contributed by atoms with Crippen molar-refractivity contribution in [2.24, 2.45) is 5.92 Å². The Bertz CT molecular complexity index is 632. The third-order valence-corrected chi connectivity index (χ3v) is 3.80. The molecule has 1 aliphatic rings. The fourth-order valence-electron chi connectivity index (χ4n) is 2.51. The highest BCUT2D eigenvalue weighted by Gasteiger charge is 2.28. The van der Waals surface area contributed by atoms with E-state index in [-0.39, 0.29) is 5.97 Å². The predicted octanol–water partition coefficient (Wildman–Crippen LogP) is 2.84. The van der Waals surface area contributed by atoms with Crippen molar-refractivity contribution in [1.29, 1.82) is 0 Å². The fourth-order valence-corrected chi connectivity index (χ4v) is 2.51. The molecule has 1 aromatic carbocycles. The molecular weight excluding hydrogens is 264 g/mol. The number of hydrogen-bond donors (Lipinski definition) is 1. The van der Waals surface area contributed by atoms with E-state index in [0.29, 0.717) is 12.5 Å². The summed E-state index contributed by atoms with van der Waals surface area (Å²) in [6.45, 7) is 3.07. The van der Waals surface area contributed by atoms with E-state index in [4.69, 9.17) is 4.74 Å². The monoisotopic (exact) mass is 284 g/mol. The van der Waals surface area contributed by atoms with E-state index in [1.807, 2.05) is 37.3 Å². The number of carbonyl (C=O) groups is 1. The molecule has 4 nitrogen and oxygen atoms in total. The number of esters is 1. The standard InChI is InChI=1S/C17H20N2O2/c1-2-21-17(20)16(19-11-12-8-9-12)14-7-3-5-13-6-4-10-18-15(13)14/h3-7,10,12,16,19H,2,8-9,11H2,1H3. The second-order valence-electron chi connectivity index (χ2n) is 5.46. The van der Waals surface area contributed by atoms with Crippen LogP contribution in [-0.2, 0) is 9.53 Å². The van der Waals surface area contributed by atoms with Crippen molar-refractivity contribution in [3.63, 3.8) is 0 Å². The molecule has 0 radical (unpaired) electrons. The first-order valence-corrected chi connectivity index (χ1v) is 7.53. The Morgan fingerprint density at radius 3 is 2.95 bits per heavy atom. The molecule has 0 spiro atoms. The number of para-hydroxylation sites is 1. The topological polar surface area (TPSA) is 51.2 Å². The summed E-state index contributed by atoms with van der Waals surface area (Å²) in [4.78, 5) is 16.7. The minimum absolute atomic E-state index is 0.226. The minimum Gasteiger partial charge on any atom is -0.465 e. The van der Waals surface area contributed by atoms with Crippen LogP contribution < -0.4 is 5.32 Å². The first kappa shape index (κ1) is 14.0. The van der Waals surface area contributed by atoms with E-state index in [1.165, 1.54) is 12.8 Å². The molecule has 21 heavy (non-hydrogen) atoms. The quantitative estimate of drug-likeness (QED) is 0.829. The van der Waals surface area contributed by atoms with Crippen molar-refractivity contribution in [3.8, 4) is 0 Å². The Balaban J connectivity index is 1.93. The molecule has 0 saturated heterocycles. The van der Waals surface area contributed by atoms with Crippen molar-refractivity contribution in [2.45, 2.75) is 25.8 Å². The van der Waals surface area contributed by atoms with Gasteiger partial charge in [-0.3, -0.25) is 4.98 Å². The van der Waals surface area contributed by atoms with Gasteiger partial charge in [0.25, 0.3) is 0 Å². The zero-order valence-corrected chi connectivity index (χ0v) is 12.2. The van der Waals surface area contributed by atoms with E-state index in [0.717, 1.165) is 23.0 Å². The minimum atomic E-state index is -0.441. The summed E-state index contributed by atoms with van der Waals surface area (Å²) in [6, 6.07) is 9.40. The summed E-state index contributed by atoms with van der Waals surface area (Å²) < 4.78 is 5.23. The molecule has 3 rings (SSSR count). The molecule has 0 aliphatic heterocycles. The van der Waals surface area contributed by atoms with E-state index in [9.17, 15) is 4.79 Å². The summed E-state index contributed by atoms with van der Waals surface area (Å²) in [6.07, 6.45) is 4.25. The van der Waals surface area contributed by atoms with Crippen LogP contribution in [0.2, 0.25) is 0 Å². The van der Waals surface area contributed by atoms with Crippen LogP contribution in [0.25, 0.3) is 10.9 Å². The molecule has 4 heteroatoms. The van der Waals surface area contributed by atoms with Gasteiger partial charge in [0.15, 0.2) is 0 Å². The van der Waals surface area contributed by atoms with Gasteiger partial charge >= 0.3 is 5.97 Å². The van der Waals surface area contributed by atoms with Gasteiger partial charge in [-0.1, -0.05) is 24.3 Å². The molecule has 1 saturated carbocycles. The first-order chi connectivity index (χ1) is 10.3. The van der Waals surface area contributed by atoms with Gasteiger partial charge in [0, 0.05) is 17.1 Å². The largest absolute Gasteiger partial charge is 0.465 e. The van der Waals surface area contributed by atoms with Crippen LogP contribution in [0.15, 0.2) is 36.5 Å². The van der Waals surface area contributed by atoms with Gasteiger partial charge in [-0.05, 0) is 38.3 Å². The maximum Gasteiger partial charge on any atom is 0.327 e. The fraction of sp³-hybridized carbons (Fsp3) is 0.412. The van der Waals surface area contributed by atoms with Gasteiger partial charge in [-0.2, -0.15) is 0 Å². The van der Waals surface area contributed by atoms with Gasteiger partial charge in [-0.15, -0.1) is 0 Å². The highest BCUT2D eigenvalue weighted by molar-refractivity contribution is 5.88. The zero-order valence-electron chi connectivity index (χ0n) is 12.2. The number of hydrogen-bond acceptors (Lipinski definition) is 4. The summed E-state index contributed by atoms with van der Waals surface area (Å²) >= 11 is 0. The lowest BCUT2D eigenvalue weighted by Crippen LogP contribution is -2.32. The Morgan fingerprint density at radius 2 is 2.19 bits per heavy atom. The third kappa shape index (κ3) is 3.22. The van der Waals surface area contributed by atoms with Crippen molar-refractivity contribution >= 4 is 16.9 Å². The number of fused-ring (bicyclic) bond motifs is 1. The van der Waals surface area contributed by atoms with Gasteiger partial charge in [0.1, 0.15) is 6.04 Å². The lowest BCUT2D eigenvalue weighted by atomic mass is 10.0. The smallest absolute Gasteiger partial charge is 0.327 e. The number of carbonyl (C=O) groups excluding carboxylic acids is 1. The predicted molar refractivity (Wildman–Crippen MR) is 81.8 cm³/mol. The maximum absolute atomic E-state index is 12.3. The van der Waals surface area contributed by atoms with E-state index in [2.05, 4.69) is 10.3 Å². The summed E-state index contributed by atoms with van der Waals surface area (Å²) in [5, 5.41) is 4.40. The van der Waals surface area contributed by atoms with Crippen LogP contribution in [0.1, 0.15) is 31.4 Å². The van der Waals surface area contributed by atoms with Crippen LogP contribution in [0.3, 0.4) is 0 Å². The summed E-state index contributed by atoms with van der Waals surface area (Å²) in [5.74, 6) is 0.473. The number of ether oxygens (including phenoxy) is 1. The lowest BCUT2D eigenvalue weighted by molar-refractivity contribution is -0.145. The van der Waals surface area contributed by atoms with Gasteiger partial charge in [0.2, 0.25) is 0 Å². The second-order valence-corrected chi connectivity index (χ2v) is 5.46. The van der Waals surface area contributed by atoms with Crippen LogP contribution in [0.5, 0.6) is 0 Å². The van der Waals surface area contributed by atoms with Gasteiger partial charge in [0.05, 0.1) is 12.1 Å². The van der Waals surface area contributed by atoms with Crippen LogP contribution in [0, 0.1) is 5.92 Å². The SMILES string of the molecule is CCOC(=O)C(NCC1CC1)c1cccc2cccnc12. The molecule has 110 valence electrons. The Morgan fingerprint density at radius 1 is 1.38 bits per heavy atom. The van der Waals surface area contributed by atoms with Gasteiger partial charge in [-0.25, -0.2) is 4.79 Å². The van der Waals surface area contributed by atoms with Crippen molar-refractivity contribution in [2.75, 3.05) is 13.2 Å². The number of aromatic nitrogens is 1. The molecule has 1 aromatic heterocycles. The third-order valence-electron chi connectivity index (χ3n) is 3.80. The highest BCUT2D eigenvalue weighted by atomic mass is 16.5. The van der Waals surface area contributed by atoms with Crippen molar-refractivity contribution in [3.05, 3.63) is 42.1 Å². The molecule has 1 aliphatic carbocycles. The Kier molecular flexibility index (Phi) is 4.15. The zero-order chi connectivity index (χ0) is 14.7. The highest BCUT2D eigenvalue weighted by Crippen LogP contribution is 2.30. The molecular formula is C17H20N2O2. The first-order valence-electron chi connectivity index (χ1n) is 7.53. The van der Waals surface area contributed by atoms with E-state index < -0.39 is 6.04 Å². The lowest BCUT2D eigenvalue weighted by Gasteiger charge is -2.18. The molecule has 2 aromatic rings. The summed E-state index contributed by atoms with van der Waals surface area (Å²) in [7, 11) is 0. The maximum atomic E-state index is 12.3. The number of benzene rings is 1. The van der Waals surface area contributed by atoms with Gasteiger partial charge < -0.3 is 10.1 Å². The normalized spacial score (nSPS) is 15.9. The summed E-state index contributed by atoms with van der Waals surface area (Å²) in [5.41, 5.74) is 1.76. The van der Waals surface area contributed by atoms with Crippen LogP contribution in [0.4, 0.5) is 0 Å². The molecule has 1 heterocycles. The molecule has 1 fully saturated rings. The van der Waals surface area contributed by atoms with Crippen molar-refractivity contribution < 1.29 is 9.53 Å². The van der Waals surface area contributed by atoms with Crippen LogP contribution in [-0.4, -0.2) is 24.1 Å². The number of nitrogens with one attached hydrogen (secondary N) is 1. The number of nitrogens with zero attached hydrogens (tertiary/aromatic N) is 1.